The van der Waals surface area contributed by atoms with Crippen LogP contribution in [0.5, 0.6) is 5.75 Å². The average Bonchev–Trinajstić information content (AvgIpc) is 2.39. The molecule has 4 nitrogen and oxygen atoms in total. The maximum absolute atomic E-state index is 10.6. The Bertz CT molecular complexity index is 550. The van der Waals surface area contributed by atoms with Gasteiger partial charge in [0, 0.05) is 17.3 Å². The number of rotatable bonds is 4. The number of ether oxygens (including phenoxy) is 1. The van der Waals surface area contributed by atoms with E-state index < -0.39 is 6.10 Å². The predicted octanol–water partition coefficient (Wildman–Crippen LogP) is 2.45. The van der Waals surface area contributed by atoms with Crippen LogP contribution in [0.3, 0.4) is 0 Å². The molecule has 1 atom stereocenters. The number of aromatic nitrogens is 1. The van der Waals surface area contributed by atoms with Crippen molar-refractivity contribution in [1.29, 1.82) is 0 Å². The third kappa shape index (κ3) is 2.69. The van der Waals surface area contributed by atoms with Gasteiger partial charge in [0.15, 0.2) is 0 Å². The first-order valence-corrected chi connectivity index (χ1v) is 6.26. The zero-order chi connectivity index (χ0) is 13.8. The van der Waals surface area contributed by atoms with Gasteiger partial charge in [-0.15, -0.1) is 0 Å². The molecule has 1 aromatic carbocycles. The topological polar surface area (TPSA) is 68.4 Å². The van der Waals surface area contributed by atoms with E-state index in [0.717, 1.165) is 5.56 Å². The number of anilines is 1. The lowest BCUT2D eigenvalue weighted by atomic mass is 9.97. The van der Waals surface area contributed by atoms with Gasteiger partial charge in [-0.05, 0) is 31.5 Å². The highest BCUT2D eigenvalue weighted by Crippen LogP contribution is 2.33. The number of hydrogen-bond donors (Lipinski definition) is 2. The second kappa shape index (κ2) is 5.71. The van der Waals surface area contributed by atoms with Gasteiger partial charge in [0.05, 0.1) is 6.61 Å². The molecule has 0 aliphatic rings. The van der Waals surface area contributed by atoms with Gasteiger partial charge in [-0.3, -0.25) is 0 Å². The number of aliphatic hydroxyl groups excluding tert-OH is 1. The van der Waals surface area contributed by atoms with Gasteiger partial charge in [0.2, 0.25) is 0 Å². The van der Waals surface area contributed by atoms with Crippen molar-refractivity contribution in [2.45, 2.75) is 20.0 Å². The van der Waals surface area contributed by atoms with Crippen molar-refractivity contribution in [1.82, 2.24) is 4.98 Å². The molecule has 0 fully saturated rings. The zero-order valence-corrected chi connectivity index (χ0v) is 11.1. The monoisotopic (exact) mass is 258 g/mol. The molecule has 0 radical (unpaired) electrons. The molecule has 0 aliphatic heterocycles. The van der Waals surface area contributed by atoms with Crippen molar-refractivity contribution in [2.75, 3.05) is 12.3 Å². The Labute approximate surface area is 112 Å². The molecule has 1 unspecified atom stereocenters. The molecule has 2 rings (SSSR count). The molecule has 3 N–H and O–H groups in total. The van der Waals surface area contributed by atoms with Gasteiger partial charge in [-0.2, -0.15) is 0 Å². The molecular formula is C15H18N2O2. The zero-order valence-electron chi connectivity index (χ0n) is 11.1. The summed E-state index contributed by atoms with van der Waals surface area (Å²) < 4.78 is 5.54. The summed E-state index contributed by atoms with van der Waals surface area (Å²) in [5, 5.41) is 10.6. The van der Waals surface area contributed by atoms with Gasteiger partial charge >= 0.3 is 0 Å². The second-order valence-electron chi connectivity index (χ2n) is 4.30. The number of aryl methyl sites for hydroxylation is 1. The summed E-state index contributed by atoms with van der Waals surface area (Å²) >= 11 is 0. The van der Waals surface area contributed by atoms with Crippen molar-refractivity contribution in [2.24, 2.45) is 0 Å². The highest BCUT2D eigenvalue weighted by Gasteiger charge is 2.20. The summed E-state index contributed by atoms with van der Waals surface area (Å²) in [5.41, 5.74) is 8.12. The molecule has 0 saturated heterocycles. The smallest absolute Gasteiger partial charge is 0.129 e. The maximum atomic E-state index is 10.6. The Balaban J connectivity index is 2.47. The summed E-state index contributed by atoms with van der Waals surface area (Å²) in [7, 11) is 0. The number of aliphatic hydroxyl groups is 1. The van der Waals surface area contributed by atoms with Crippen LogP contribution in [0.15, 0.2) is 36.5 Å². The summed E-state index contributed by atoms with van der Waals surface area (Å²) in [5.74, 6) is 1.01. The van der Waals surface area contributed by atoms with Crippen molar-refractivity contribution >= 4 is 5.82 Å². The summed E-state index contributed by atoms with van der Waals surface area (Å²) in [4.78, 5) is 4.04. The molecule has 2 aromatic rings. The molecule has 1 aromatic heterocycles. The van der Waals surface area contributed by atoms with E-state index in [-0.39, 0.29) is 0 Å². The van der Waals surface area contributed by atoms with Gasteiger partial charge in [0.1, 0.15) is 17.7 Å². The van der Waals surface area contributed by atoms with E-state index in [0.29, 0.717) is 29.3 Å². The van der Waals surface area contributed by atoms with Crippen molar-refractivity contribution in [3.63, 3.8) is 0 Å². The molecule has 19 heavy (non-hydrogen) atoms. The van der Waals surface area contributed by atoms with Crippen LogP contribution in [0.4, 0.5) is 5.82 Å². The van der Waals surface area contributed by atoms with E-state index in [1.54, 1.807) is 6.20 Å². The van der Waals surface area contributed by atoms with Crippen LogP contribution in [0.1, 0.15) is 29.7 Å². The van der Waals surface area contributed by atoms with Crippen LogP contribution in [0.25, 0.3) is 0 Å². The maximum Gasteiger partial charge on any atom is 0.129 e. The van der Waals surface area contributed by atoms with E-state index in [4.69, 9.17) is 10.5 Å². The van der Waals surface area contributed by atoms with E-state index in [9.17, 15) is 5.11 Å². The minimum atomic E-state index is -0.837. The van der Waals surface area contributed by atoms with Crippen LogP contribution in [0.2, 0.25) is 0 Å². The van der Waals surface area contributed by atoms with Crippen LogP contribution in [0, 0.1) is 6.92 Å². The Kier molecular flexibility index (Phi) is 4.02. The summed E-state index contributed by atoms with van der Waals surface area (Å²) in [6.07, 6.45) is 0.798. The third-order valence-corrected chi connectivity index (χ3v) is 3.03. The number of benzene rings is 1. The van der Waals surface area contributed by atoms with Gasteiger partial charge in [0.25, 0.3) is 0 Å². The number of para-hydroxylation sites is 1. The van der Waals surface area contributed by atoms with Gasteiger partial charge in [-0.25, -0.2) is 4.98 Å². The molecular weight excluding hydrogens is 240 g/mol. The number of pyridine rings is 1. The SMILES string of the molecule is CCOc1ccccc1C(O)c1c(C)ccnc1N. The van der Waals surface area contributed by atoms with Crippen molar-refractivity contribution in [3.8, 4) is 5.75 Å². The van der Waals surface area contributed by atoms with Crippen LogP contribution >= 0.6 is 0 Å². The van der Waals surface area contributed by atoms with E-state index >= 15 is 0 Å². The standard InChI is InChI=1S/C15H18N2O2/c1-3-19-12-7-5-4-6-11(12)14(18)13-10(2)8-9-17-15(13)16/h4-9,14,18H,3H2,1-2H3,(H2,16,17). The average molecular weight is 258 g/mol. The highest BCUT2D eigenvalue weighted by atomic mass is 16.5. The predicted molar refractivity (Wildman–Crippen MR) is 75.1 cm³/mol. The lowest BCUT2D eigenvalue weighted by molar-refractivity contribution is 0.211. The molecule has 0 aliphatic carbocycles. The van der Waals surface area contributed by atoms with Crippen LogP contribution in [-0.4, -0.2) is 16.7 Å². The normalized spacial score (nSPS) is 12.2. The summed E-state index contributed by atoms with van der Waals surface area (Å²) in [6, 6.07) is 9.24. The number of hydrogen-bond acceptors (Lipinski definition) is 4. The molecule has 4 heteroatoms. The number of nitrogens with zero attached hydrogens (tertiary/aromatic N) is 1. The van der Waals surface area contributed by atoms with E-state index in [2.05, 4.69) is 4.98 Å². The first kappa shape index (κ1) is 13.4. The lowest BCUT2D eigenvalue weighted by Gasteiger charge is -2.18. The lowest BCUT2D eigenvalue weighted by Crippen LogP contribution is -2.09. The molecule has 100 valence electrons. The minimum absolute atomic E-state index is 0.346. The second-order valence-corrected chi connectivity index (χ2v) is 4.30. The van der Waals surface area contributed by atoms with E-state index in [1.165, 1.54) is 0 Å². The first-order chi connectivity index (χ1) is 9.15. The fourth-order valence-corrected chi connectivity index (χ4v) is 2.10. The van der Waals surface area contributed by atoms with Crippen LogP contribution in [-0.2, 0) is 0 Å². The molecule has 0 amide bonds. The fraction of sp³-hybridized carbons (Fsp3) is 0.267. The molecule has 0 bridgehead atoms. The third-order valence-electron chi connectivity index (χ3n) is 3.03. The Morgan fingerprint density at radius 1 is 1.32 bits per heavy atom. The van der Waals surface area contributed by atoms with Gasteiger partial charge < -0.3 is 15.6 Å². The largest absolute Gasteiger partial charge is 0.493 e. The molecule has 0 spiro atoms. The van der Waals surface area contributed by atoms with E-state index in [1.807, 2.05) is 44.2 Å². The number of nitrogen functional groups attached to an aromatic ring is 1. The molecule has 1 heterocycles. The van der Waals surface area contributed by atoms with Gasteiger partial charge in [-0.1, -0.05) is 18.2 Å². The van der Waals surface area contributed by atoms with Crippen molar-refractivity contribution in [3.05, 3.63) is 53.2 Å². The summed E-state index contributed by atoms with van der Waals surface area (Å²) in [6.45, 7) is 4.36. The quantitative estimate of drug-likeness (QED) is 0.884. The Morgan fingerprint density at radius 3 is 2.74 bits per heavy atom. The Morgan fingerprint density at radius 2 is 2.05 bits per heavy atom. The first-order valence-electron chi connectivity index (χ1n) is 6.26. The number of nitrogens with two attached hydrogens (primary N) is 1. The molecule has 0 saturated carbocycles. The Hall–Kier alpha value is -2.07. The highest BCUT2D eigenvalue weighted by molar-refractivity contribution is 5.51. The van der Waals surface area contributed by atoms with Crippen LogP contribution < -0.4 is 10.5 Å². The van der Waals surface area contributed by atoms with Crippen molar-refractivity contribution < 1.29 is 9.84 Å². The minimum Gasteiger partial charge on any atom is -0.493 e. The fourth-order valence-electron chi connectivity index (χ4n) is 2.10.